The fraction of sp³-hybridized carbons (Fsp3) is 0.545. The molecule has 1 amide bonds. The van der Waals surface area contributed by atoms with E-state index in [1.807, 2.05) is 0 Å². The molecule has 0 unspecified atom stereocenters. The molecule has 0 saturated carbocycles. The topological polar surface area (TPSA) is 114 Å². The van der Waals surface area contributed by atoms with E-state index in [4.69, 9.17) is 10.2 Å². The number of nitrogens with one attached hydrogen (secondary N) is 2. The fourth-order valence-electron chi connectivity index (χ4n) is 1.46. The Morgan fingerprint density at radius 3 is 2.74 bits per heavy atom. The normalized spacial score (nSPS) is 11.6. The Bertz CT molecular complexity index is 510. The van der Waals surface area contributed by atoms with Crippen molar-refractivity contribution in [1.82, 2.24) is 10.0 Å². The van der Waals surface area contributed by atoms with Gasteiger partial charge < -0.3 is 15.5 Å². The quantitative estimate of drug-likeness (QED) is 0.551. The Hall–Kier alpha value is -1.38. The van der Waals surface area contributed by atoms with Crippen LogP contribution >= 0.6 is 0 Å². The minimum absolute atomic E-state index is 0.0967. The predicted molar refractivity (Wildman–Crippen MR) is 69.7 cm³/mol. The minimum atomic E-state index is -3.52. The summed E-state index contributed by atoms with van der Waals surface area (Å²) < 4.78 is 30.2. The zero-order valence-electron chi connectivity index (χ0n) is 10.8. The number of furan rings is 1. The van der Waals surface area contributed by atoms with Gasteiger partial charge in [-0.1, -0.05) is 0 Å². The van der Waals surface area contributed by atoms with Gasteiger partial charge in [0.2, 0.25) is 11.0 Å². The third-order valence-corrected chi connectivity index (χ3v) is 3.78. The van der Waals surface area contributed by atoms with E-state index in [9.17, 15) is 13.2 Å². The van der Waals surface area contributed by atoms with Gasteiger partial charge in [-0.15, -0.1) is 0 Å². The SMILES string of the molecule is CNS(=O)(=O)c1ccc(CNCCCCC(N)=O)o1. The zero-order chi connectivity index (χ0) is 14.3. The van der Waals surface area contributed by atoms with Crippen molar-refractivity contribution in [3.8, 4) is 0 Å². The Morgan fingerprint density at radius 1 is 1.37 bits per heavy atom. The van der Waals surface area contributed by atoms with Gasteiger partial charge in [-0.25, -0.2) is 13.1 Å². The number of sulfonamides is 1. The van der Waals surface area contributed by atoms with E-state index in [1.54, 1.807) is 6.07 Å². The number of amides is 1. The molecule has 108 valence electrons. The van der Waals surface area contributed by atoms with Crippen LogP contribution in [0.15, 0.2) is 21.6 Å². The van der Waals surface area contributed by atoms with E-state index in [0.29, 0.717) is 25.3 Å². The summed E-state index contributed by atoms with van der Waals surface area (Å²) in [6.07, 6.45) is 1.94. The van der Waals surface area contributed by atoms with Gasteiger partial charge in [0, 0.05) is 6.42 Å². The molecule has 0 aliphatic carbocycles. The Kier molecular flexibility index (Phi) is 6.00. The van der Waals surface area contributed by atoms with E-state index in [1.165, 1.54) is 13.1 Å². The van der Waals surface area contributed by atoms with Gasteiger partial charge in [-0.2, -0.15) is 0 Å². The molecular formula is C11H19N3O4S. The van der Waals surface area contributed by atoms with Gasteiger partial charge in [-0.05, 0) is 38.6 Å². The lowest BCUT2D eigenvalue weighted by molar-refractivity contribution is -0.118. The lowest BCUT2D eigenvalue weighted by atomic mass is 10.2. The molecule has 1 heterocycles. The smallest absolute Gasteiger partial charge is 0.273 e. The standard InChI is InChI=1S/C11H19N3O4S/c1-13-19(16,17)11-6-5-9(18-11)8-14-7-3-2-4-10(12)15/h5-6,13-14H,2-4,7-8H2,1H3,(H2,12,15). The number of hydrogen-bond donors (Lipinski definition) is 3. The van der Waals surface area contributed by atoms with Crippen LogP contribution < -0.4 is 15.8 Å². The first-order valence-electron chi connectivity index (χ1n) is 5.97. The van der Waals surface area contributed by atoms with E-state index < -0.39 is 10.0 Å². The van der Waals surface area contributed by atoms with Crippen LogP contribution in [0.5, 0.6) is 0 Å². The number of nitrogens with two attached hydrogens (primary N) is 1. The van der Waals surface area contributed by atoms with E-state index in [-0.39, 0.29) is 11.0 Å². The number of primary amides is 1. The fourth-order valence-corrected chi connectivity index (χ4v) is 2.12. The summed E-state index contributed by atoms with van der Waals surface area (Å²) in [6.45, 7) is 1.15. The first-order chi connectivity index (χ1) is 8.95. The third-order valence-electron chi connectivity index (χ3n) is 2.50. The highest BCUT2D eigenvalue weighted by atomic mass is 32.2. The van der Waals surface area contributed by atoms with Crippen molar-refractivity contribution in [3.63, 3.8) is 0 Å². The maximum atomic E-state index is 11.4. The molecule has 19 heavy (non-hydrogen) atoms. The Morgan fingerprint density at radius 2 is 2.11 bits per heavy atom. The summed E-state index contributed by atoms with van der Waals surface area (Å²) in [5.74, 6) is 0.247. The highest BCUT2D eigenvalue weighted by molar-refractivity contribution is 7.89. The molecule has 1 aromatic heterocycles. The first kappa shape index (κ1) is 15.7. The van der Waals surface area contributed by atoms with Crippen LogP contribution in [0.4, 0.5) is 0 Å². The average molecular weight is 289 g/mol. The summed E-state index contributed by atoms with van der Waals surface area (Å²) in [5, 5.41) is 3.00. The molecule has 7 nitrogen and oxygen atoms in total. The van der Waals surface area contributed by atoms with Crippen molar-refractivity contribution in [2.75, 3.05) is 13.6 Å². The molecule has 0 spiro atoms. The summed E-state index contributed by atoms with van der Waals surface area (Å²) >= 11 is 0. The molecule has 1 aromatic rings. The molecule has 1 rings (SSSR count). The van der Waals surface area contributed by atoms with Crippen LogP contribution in [-0.4, -0.2) is 27.9 Å². The van der Waals surface area contributed by atoms with Crippen LogP contribution in [-0.2, 0) is 21.4 Å². The molecule has 0 atom stereocenters. The summed E-state index contributed by atoms with van der Waals surface area (Å²) in [6, 6.07) is 3.02. The van der Waals surface area contributed by atoms with Gasteiger partial charge in [0.05, 0.1) is 6.54 Å². The zero-order valence-corrected chi connectivity index (χ0v) is 11.6. The Balaban J connectivity index is 2.29. The third kappa shape index (κ3) is 5.41. The average Bonchev–Trinajstić information content (AvgIpc) is 2.82. The van der Waals surface area contributed by atoms with Crippen molar-refractivity contribution in [2.24, 2.45) is 5.73 Å². The van der Waals surface area contributed by atoms with E-state index in [0.717, 1.165) is 12.8 Å². The highest BCUT2D eigenvalue weighted by Gasteiger charge is 2.15. The second-order valence-electron chi connectivity index (χ2n) is 4.03. The monoisotopic (exact) mass is 289 g/mol. The van der Waals surface area contributed by atoms with Gasteiger partial charge >= 0.3 is 0 Å². The molecule has 0 aromatic carbocycles. The van der Waals surface area contributed by atoms with Crippen molar-refractivity contribution < 1.29 is 17.6 Å². The van der Waals surface area contributed by atoms with Gasteiger partial charge in [0.1, 0.15) is 5.76 Å². The number of carbonyl (C=O) groups is 1. The summed E-state index contributed by atoms with van der Waals surface area (Å²) in [4.78, 5) is 10.5. The summed E-state index contributed by atoms with van der Waals surface area (Å²) in [5.41, 5.74) is 5.02. The molecule has 0 fully saturated rings. The van der Waals surface area contributed by atoms with Gasteiger partial charge in [-0.3, -0.25) is 4.79 Å². The summed E-state index contributed by atoms with van der Waals surface area (Å²) in [7, 11) is -2.19. The van der Waals surface area contributed by atoms with Crippen molar-refractivity contribution in [1.29, 1.82) is 0 Å². The molecular weight excluding hydrogens is 270 g/mol. The lowest BCUT2D eigenvalue weighted by Gasteiger charge is -2.02. The molecule has 0 aliphatic rings. The molecule has 0 bridgehead atoms. The maximum absolute atomic E-state index is 11.4. The molecule has 4 N–H and O–H groups in total. The van der Waals surface area contributed by atoms with Crippen molar-refractivity contribution in [3.05, 3.63) is 17.9 Å². The maximum Gasteiger partial charge on any atom is 0.273 e. The Labute approximate surface area is 112 Å². The number of rotatable bonds is 9. The highest BCUT2D eigenvalue weighted by Crippen LogP contribution is 2.13. The second-order valence-corrected chi connectivity index (χ2v) is 5.85. The van der Waals surface area contributed by atoms with Crippen molar-refractivity contribution in [2.45, 2.75) is 30.9 Å². The van der Waals surface area contributed by atoms with Gasteiger partial charge in [0.15, 0.2) is 0 Å². The number of unbranched alkanes of at least 4 members (excludes halogenated alkanes) is 1. The van der Waals surface area contributed by atoms with Crippen molar-refractivity contribution >= 4 is 15.9 Å². The molecule has 0 saturated heterocycles. The van der Waals surface area contributed by atoms with Crippen LogP contribution in [0.2, 0.25) is 0 Å². The number of carbonyl (C=O) groups excluding carboxylic acids is 1. The van der Waals surface area contributed by atoms with Crippen LogP contribution in [0.3, 0.4) is 0 Å². The van der Waals surface area contributed by atoms with Crippen LogP contribution in [0.25, 0.3) is 0 Å². The molecule has 8 heteroatoms. The van der Waals surface area contributed by atoms with Gasteiger partial charge in [0.25, 0.3) is 10.0 Å². The van der Waals surface area contributed by atoms with Crippen LogP contribution in [0.1, 0.15) is 25.0 Å². The minimum Gasteiger partial charge on any atom is -0.447 e. The predicted octanol–water partition coefficient (Wildman–Crippen LogP) is -0.0671. The molecule has 0 radical (unpaired) electrons. The largest absolute Gasteiger partial charge is 0.447 e. The van der Waals surface area contributed by atoms with E-state index >= 15 is 0 Å². The van der Waals surface area contributed by atoms with Crippen LogP contribution in [0, 0.1) is 0 Å². The molecule has 0 aliphatic heterocycles. The lowest BCUT2D eigenvalue weighted by Crippen LogP contribution is -2.18. The second kappa shape index (κ2) is 7.27. The van der Waals surface area contributed by atoms with E-state index in [2.05, 4.69) is 10.0 Å². The first-order valence-corrected chi connectivity index (χ1v) is 7.45. The number of hydrogen-bond acceptors (Lipinski definition) is 5.